The molecule has 1 aromatic heterocycles. The molecule has 20 heavy (non-hydrogen) atoms. The van der Waals surface area contributed by atoms with Crippen molar-refractivity contribution in [3.63, 3.8) is 0 Å². The summed E-state index contributed by atoms with van der Waals surface area (Å²) < 4.78 is 0. The number of rotatable bonds is 5. The topological polar surface area (TPSA) is 61.4 Å². The Morgan fingerprint density at radius 1 is 1.45 bits per heavy atom. The minimum atomic E-state index is -0.624. The monoisotopic (exact) mass is 296 g/mol. The lowest BCUT2D eigenvalue weighted by atomic mass is 9.80. The van der Waals surface area contributed by atoms with Crippen LogP contribution < -0.4 is 10.6 Å². The summed E-state index contributed by atoms with van der Waals surface area (Å²) in [6.07, 6.45) is 4.44. The zero-order chi connectivity index (χ0) is 14.4. The molecular formula is C15H24N2O2S. The van der Waals surface area contributed by atoms with E-state index in [4.69, 9.17) is 0 Å². The molecular weight excluding hydrogens is 272 g/mol. The Hall–Kier alpha value is -1.07. The van der Waals surface area contributed by atoms with E-state index in [0.29, 0.717) is 11.8 Å². The molecule has 112 valence electrons. The van der Waals surface area contributed by atoms with Crippen molar-refractivity contribution in [3.8, 4) is 0 Å². The maximum atomic E-state index is 11.7. The van der Waals surface area contributed by atoms with Crippen molar-refractivity contribution in [3.05, 3.63) is 22.4 Å². The summed E-state index contributed by atoms with van der Waals surface area (Å²) in [4.78, 5) is 11.7. The van der Waals surface area contributed by atoms with E-state index in [1.54, 1.807) is 11.3 Å². The lowest BCUT2D eigenvalue weighted by Crippen LogP contribution is -2.41. The van der Waals surface area contributed by atoms with Gasteiger partial charge >= 0.3 is 6.03 Å². The summed E-state index contributed by atoms with van der Waals surface area (Å²) in [6, 6.07) is 1.69. The van der Waals surface area contributed by atoms with Gasteiger partial charge in [-0.2, -0.15) is 11.3 Å². The van der Waals surface area contributed by atoms with Crippen molar-refractivity contribution >= 4 is 17.4 Å². The summed E-state index contributed by atoms with van der Waals surface area (Å²) in [5, 5.41) is 19.4. The lowest BCUT2D eigenvalue weighted by Gasteiger charge is -2.28. The number of aliphatic hydroxyl groups excluding tert-OH is 1. The van der Waals surface area contributed by atoms with E-state index >= 15 is 0 Å². The molecule has 0 spiro atoms. The maximum Gasteiger partial charge on any atom is 0.314 e. The van der Waals surface area contributed by atoms with Crippen molar-refractivity contribution < 1.29 is 9.90 Å². The molecule has 1 heterocycles. The molecule has 0 saturated heterocycles. The van der Waals surface area contributed by atoms with Crippen molar-refractivity contribution in [2.45, 2.75) is 38.7 Å². The second-order valence-corrected chi connectivity index (χ2v) is 6.47. The smallest absolute Gasteiger partial charge is 0.314 e. The zero-order valence-corrected chi connectivity index (χ0v) is 12.8. The highest BCUT2D eigenvalue weighted by Crippen LogP contribution is 2.28. The third kappa shape index (κ3) is 4.49. The summed E-state index contributed by atoms with van der Waals surface area (Å²) in [5.41, 5.74) is 0.858. The Balaban J connectivity index is 1.65. The van der Waals surface area contributed by atoms with Crippen LogP contribution in [0.2, 0.25) is 0 Å². The van der Waals surface area contributed by atoms with Crippen LogP contribution in [0.25, 0.3) is 0 Å². The van der Waals surface area contributed by atoms with Gasteiger partial charge in [0.25, 0.3) is 0 Å². The quantitative estimate of drug-likeness (QED) is 0.782. The second kappa shape index (κ2) is 7.64. The average Bonchev–Trinajstić information content (AvgIpc) is 2.98. The minimum Gasteiger partial charge on any atom is -0.387 e. The highest BCUT2D eigenvalue weighted by molar-refractivity contribution is 7.07. The minimum absolute atomic E-state index is 0.183. The lowest BCUT2D eigenvalue weighted by molar-refractivity contribution is 0.172. The van der Waals surface area contributed by atoms with Crippen LogP contribution in [-0.2, 0) is 0 Å². The predicted octanol–water partition coefficient (Wildman–Crippen LogP) is 2.91. The first-order valence-corrected chi connectivity index (χ1v) is 8.33. The summed E-state index contributed by atoms with van der Waals surface area (Å²) in [5.74, 6) is 1.29. The Bertz CT molecular complexity index is 408. The molecule has 3 N–H and O–H groups in total. The maximum absolute atomic E-state index is 11.7. The molecule has 1 fully saturated rings. The van der Waals surface area contributed by atoms with Crippen LogP contribution in [0.3, 0.4) is 0 Å². The molecule has 0 bridgehead atoms. The van der Waals surface area contributed by atoms with Gasteiger partial charge in [-0.3, -0.25) is 0 Å². The van der Waals surface area contributed by atoms with E-state index in [1.807, 2.05) is 16.8 Å². The summed E-state index contributed by atoms with van der Waals surface area (Å²) in [7, 11) is 0. The van der Waals surface area contributed by atoms with E-state index in [2.05, 4.69) is 17.6 Å². The number of hydrogen-bond acceptors (Lipinski definition) is 3. The van der Waals surface area contributed by atoms with E-state index in [0.717, 1.165) is 12.1 Å². The number of nitrogens with one attached hydrogen (secondary N) is 2. The molecule has 1 saturated carbocycles. The van der Waals surface area contributed by atoms with Gasteiger partial charge in [-0.1, -0.05) is 26.2 Å². The number of amides is 2. The predicted molar refractivity (Wildman–Crippen MR) is 81.8 cm³/mol. The van der Waals surface area contributed by atoms with Crippen LogP contribution in [0.4, 0.5) is 4.79 Å². The molecule has 2 amide bonds. The van der Waals surface area contributed by atoms with Crippen LogP contribution in [0.5, 0.6) is 0 Å². The van der Waals surface area contributed by atoms with Crippen LogP contribution >= 0.6 is 11.3 Å². The van der Waals surface area contributed by atoms with Gasteiger partial charge in [0.1, 0.15) is 0 Å². The summed E-state index contributed by atoms with van der Waals surface area (Å²) >= 11 is 1.54. The highest BCUT2D eigenvalue weighted by Gasteiger charge is 2.21. The van der Waals surface area contributed by atoms with Crippen molar-refractivity contribution in [1.82, 2.24) is 10.6 Å². The van der Waals surface area contributed by atoms with Crippen LogP contribution in [-0.4, -0.2) is 24.2 Å². The first-order chi connectivity index (χ1) is 9.66. The molecule has 1 aliphatic carbocycles. The van der Waals surface area contributed by atoms with E-state index in [-0.39, 0.29) is 12.6 Å². The largest absolute Gasteiger partial charge is 0.387 e. The summed E-state index contributed by atoms with van der Waals surface area (Å²) in [6.45, 7) is 3.26. The fourth-order valence-corrected chi connectivity index (χ4v) is 3.46. The van der Waals surface area contributed by atoms with Gasteiger partial charge in [0, 0.05) is 13.1 Å². The number of aliphatic hydroxyl groups is 1. The molecule has 4 nitrogen and oxygen atoms in total. The number of thiophene rings is 1. The van der Waals surface area contributed by atoms with Gasteiger partial charge in [-0.05, 0) is 40.6 Å². The van der Waals surface area contributed by atoms with Gasteiger partial charge in [0.15, 0.2) is 0 Å². The first-order valence-electron chi connectivity index (χ1n) is 7.38. The van der Waals surface area contributed by atoms with E-state index in [1.165, 1.54) is 25.7 Å². The molecule has 3 unspecified atom stereocenters. The Morgan fingerprint density at radius 2 is 2.25 bits per heavy atom. The molecule has 1 aromatic rings. The van der Waals surface area contributed by atoms with Crippen molar-refractivity contribution in [2.75, 3.05) is 13.1 Å². The second-order valence-electron chi connectivity index (χ2n) is 5.69. The Labute approximate surface area is 124 Å². The Kier molecular flexibility index (Phi) is 5.86. The van der Waals surface area contributed by atoms with E-state index in [9.17, 15) is 9.90 Å². The van der Waals surface area contributed by atoms with Crippen molar-refractivity contribution in [2.24, 2.45) is 11.8 Å². The molecule has 2 rings (SSSR count). The van der Waals surface area contributed by atoms with Gasteiger partial charge in [-0.25, -0.2) is 4.79 Å². The van der Waals surface area contributed by atoms with Gasteiger partial charge in [0.05, 0.1) is 6.10 Å². The third-order valence-electron chi connectivity index (χ3n) is 4.20. The fraction of sp³-hybridized carbons (Fsp3) is 0.667. The number of carbonyl (C=O) groups excluding carboxylic acids is 1. The van der Waals surface area contributed by atoms with Crippen LogP contribution in [0.1, 0.15) is 44.3 Å². The molecule has 3 atom stereocenters. The van der Waals surface area contributed by atoms with Crippen LogP contribution in [0, 0.1) is 11.8 Å². The van der Waals surface area contributed by atoms with Gasteiger partial charge in [0.2, 0.25) is 0 Å². The molecule has 5 heteroatoms. The van der Waals surface area contributed by atoms with E-state index < -0.39 is 6.10 Å². The molecule has 1 aliphatic rings. The Morgan fingerprint density at radius 3 is 2.95 bits per heavy atom. The van der Waals surface area contributed by atoms with Crippen molar-refractivity contribution in [1.29, 1.82) is 0 Å². The van der Waals surface area contributed by atoms with Gasteiger partial charge in [-0.15, -0.1) is 0 Å². The number of urea groups is 1. The molecule has 0 aliphatic heterocycles. The molecule has 0 radical (unpaired) electrons. The van der Waals surface area contributed by atoms with Crippen LogP contribution in [0.15, 0.2) is 16.8 Å². The SMILES string of the molecule is CC1CCCCC1CNC(=O)NCC(O)c1ccsc1. The number of carbonyl (C=O) groups is 1. The zero-order valence-electron chi connectivity index (χ0n) is 12.0. The number of hydrogen-bond donors (Lipinski definition) is 3. The standard InChI is InChI=1S/C15H24N2O2S/c1-11-4-2-3-5-12(11)8-16-15(19)17-9-14(18)13-6-7-20-10-13/h6-7,10-12,14,18H,2-5,8-9H2,1H3,(H2,16,17,19). The average molecular weight is 296 g/mol. The van der Waals surface area contributed by atoms with Gasteiger partial charge < -0.3 is 15.7 Å². The third-order valence-corrected chi connectivity index (χ3v) is 4.90. The normalized spacial score (nSPS) is 24.1. The molecule has 0 aromatic carbocycles. The fourth-order valence-electron chi connectivity index (χ4n) is 2.75. The highest BCUT2D eigenvalue weighted by atomic mass is 32.1. The first kappa shape index (κ1) is 15.3.